The fraction of sp³-hybridized carbons (Fsp3) is 0.935. The molecular weight excluding hydrogens is 663 g/mol. The van der Waals surface area contributed by atoms with E-state index in [1.165, 1.54) is 154 Å². The zero-order valence-corrected chi connectivity index (χ0v) is 35.6. The maximum absolute atomic E-state index is 12.6. The van der Waals surface area contributed by atoms with E-state index in [2.05, 4.69) is 20.8 Å². The average molecular weight is 752 g/mol. The van der Waals surface area contributed by atoms with Gasteiger partial charge in [-0.05, 0) is 19.3 Å². The molecule has 7 heteroatoms. The third-order valence-electron chi connectivity index (χ3n) is 10.5. The van der Waals surface area contributed by atoms with Gasteiger partial charge < -0.3 is 19.9 Å². The Bertz CT molecular complexity index is 715. The Morgan fingerprint density at radius 3 is 0.679 bits per heavy atom. The van der Waals surface area contributed by atoms with Gasteiger partial charge in [-0.15, -0.1) is 0 Å². The van der Waals surface area contributed by atoms with Crippen LogP contribution in [0.4, 0.5) is 0 Å². The van der Waals surface area contributed by atoms with Crippen molar-refractivity contribution in [2.45, 2.75) is 257 Å². The molecule has 0 amide bonds. The lowest BCUT2D eigenvalue weighted by Gasteiger charge is -2.28. The fourth-order valence-electron chi connectivity index (χ4n) is 6.81. The molecule has 0 aliphatic rings. The van der Waals surface area contributed by atoms with Crippen molar-refractivity contribution in [1.29, 1.82) is 0 Å². The van der Waals surface area contributed by atoms with Gasteiger partial charge in [0.15, 0.2) is 0 Å². The molecule has 314 valence electrons. The summed E-state index contributed by atoms with van der Waals surface area (Å²) < 4.78 is 16.7. The van der Waals surface area contributed by atoms with Gasteiger partial charge in [-0.3, -0.25) is 14.4 Å². The third-order valence-corrected chi connectivity index (χ3v) is 10.5. The molecular formula is C46H89NO6. The normalized spacial score (nSPS) is 11.5. The second-order valence-electron chi connectivity index (χ2n) is 16.2. The second-order valence-corrected chi connectivity index (χ2v) is 16.2. The van der Waals surface area contributed by atoms with Crippen LogP contribution in [0.2, 0.25) is 0 Å². The molecule has 2 N–H and O–H groups in total. The molecule has 0 spiro atoms. The largest absolute Gasteiger partial charge is 0.463 e. The number of nitrogens with two attached hydrogens (primary N) is 1. The van der Waals surface area contributed by atoms with Gasteiger partial charge in [-0.2, -0.15) is 0 Å². The van der Waals surface area contributed by atoms with Crippen LogP contribution in [-0.2, 0) is 28.6 Å². The highest BCUT2D eigenvalue weighted by molar-refractivity contribution is 5.70. The number of hydrogen-bond acceptors (Lipinski definition) is 7. The van der Waals surface area contributed by atoms with Gasteiger partial charge >= 0.3 is 17.9 Å². The molecule has 0 saturated heterocycles. The van der Waals surface area contributed by atoms with Crippen molar-refractivity contribution >= 4 is 17.9 Å². The van der Waals surface area contributed by atoms with Crippen LogP contribution in [0.3, 0.4) is 0 Å². The van der Waals surface area contributed by atoms with Crippen LogP contribution in [-0.4, -0.2) is 43.3 Å². The molecule has 0 aromatic heterocycles. The zero-order valence-electron chi connectivity index (χ0n) is 35.6. The molecule has 0 bridgehead atoms. The summed E-state index contributed by atoms with van der Waals surface area (Å²) in [6, 6.07) is 0. The minimum absolute atomic E-state index is 0.151. The Hall–Kier alpha value is -1.63. The monoisotopic (exact) mass is 752 g/mol. The summed E-state index contributed by atoms with van der Waals surface area (Å²) in [6.07, 6.45) is 41.1. The molecule has 0 rings (SSSR count). The first-order chi connectivity index (χ1) is 25.9. The van der Waals surface area contributed by atoms with E-state index in [-0.39, 0.29) is 37.7 Å². The Morgan fingerprint density at radius 1 is 0.321 bits per heavy atom. The third kappa shape index (κ3) is 38.4. The molecule has 0 aromatic carbocycles. The molecule has 0 radical (unpaired) electrons. The molecule has 0 saturated carbocycles. The maximum Gasteiger partial charge on any atom is 0.305 e. The highest BCUT2D eigenvalue weighted by atomic mass is 16.6. The van der Waals surface area contributed by atoms with Crippen LogP contribution in [0.25, 0.3) is 0 Å². The number of rotatable bonds is 42. The quantitative estimate of drug-likeness (QED) is 0.0376. The fourth-order valence-corrected chi connectivity index (χ4v) is 6.81. The van der Waals surface area contributed by atoms with Crippen molar-refractivity contribution in [2.24, 2.45) is 5.73 Å². The summed E-state index contributed by atoms with van der Waals surface area (Å²) in [5.41, 5.74) is 5.32. The van der Waals surface area contributed by atoms with E-state index < -0.39 is 5.54 Å². The van der Waals surface area contributed by atoms with Crippen LogP contribution >= 0.6 is 0 Å². The Labute approximate surface area is 328 Å². The Morgan fingerprint density at radius 2 is 0.491 bits per heavy atom. The standard InChI is InChI=1S/C46H89NO6/c1-4-7-10-13-16-19-22-25-28-31-34-37-43(48)51-40-46(47,41-52-44(49)38-35-32-29-26-23-20-17-14-11-8-5-2)42-53-45(50)39-36-33-30-27-24-21-18-15-12-9-6-3/h4-42,47H2,1-3H3. The van der Waals surface area contributed by atoms with E-state index in [1.54, 1.807) is 0 Å². The van der Waals surface area contributed by atoms with Gasteiger partial charge in [0.25, 0.3) is 0 Å². The molecule has 0 aliphatic heterocycles. The minimum Gasteiger partial charge on any atom is -0.463 e. The predicted molar refractivity (Wildman–Crippen MR) is 223 cm³/mol. The first-order valence-electron chi connectivity index (χ1n) is 23.1. The first kappa shape index (κ1) is 51.4. The summed E-state index contributed by atoms with van der Waals surface area (Å²) in [5.74, 6) is -0.930. The SMILES string of the molecule is CCCCCCCCCCCCCC(=O)OCC(N)(COC(=O)CCCCCCCCCCCCC)COC(=O)CCCCCCCCCCCCC. The van der Waals surface area contributed by atoms with Crippen LogP contribution < -0.4 is 5.73 Å². The molecule has 0 fully saturated rings. The van der Waals surface area contributed by atoms with E-state index in [0.717, 1.165) is 57.8 Å². The van der Waals surface area contributed by atoms with Crippen molar-refractivity contribution in [3.8, 4) is 0 Å². The number of hydrogen-bond donors (Lipinski definition) is 1. The maximum atomic E-state index is 12.6. The predicted octanol–water partition coefficient (Wildman–Crippen LogP) is 13.4. The average Bonchev–Trinajstić information content (AvgIpc) is 3.15. The molecule has 0 heterocycles. The van der Waals surface area contributed by atoms with E-state index >= 15 is 0 Å². The number of unbranched alkanes of at least 4 members (excludes halogenated alkanes) is 30. The molecule has 0 atom stereocenters. The molecule has 7 nitrogen and oxygen atoms in total. The number of carbonyl (C=O) groups excluding carboxylic acids is 3. The number of ether oxygens (including phenoxy) is 3. The van der Waals surface area contributed by atoms with Gasteiger partial charge in [0.2, 0.25) is 0 Å². The van der Waals surface area contributed by atoms with E-state index in [4.69, 9.17) is 19.9 Å². The van der Waals surface area contributed by atoms with Crippen LogP contribution in [0, 0.1) is 0 Å². The summed E-state index contributed by atoms with van der Waals surface area (Å²) in [5, 5.41) is 0. The van der Waals surface area contributed by atoms with Crippen LogP contribution in [0.15, 0.2) is 0 Å². The summed E-state index contributed by atoms with van der Waals surface area (Å²) >= 11 is 0. The zero-order chi connectivity index (χ0) is 38.9. The Kier molecular flexibility index (Phi) is 38.8. The number of esters is 3. The Balaban J connectivity index is 4.47. The minimum atomic E-state index is -1.27. The van der Waals surface area contributed by atoms with Crippen LogP contribution in [0.5, 0.6) is 0 Å². The molecule has 0 unspecified atom stereocenters. The van der Waals surface area contributed by atoms with Gasteiger partial charge in [0, 0.05) is 19.3 Å². The summed E-state index contributed by atoms with van der Waals surface area (Å²) in [7, 11) is 0. The first-order valence-corrected chi connectivity index (χ1v) is 23.1. The lowest BCUT2D eigenvalue weighted by molar-refractivity contribution is -0.155. The van der Waals surface area contributed by atoms with Crippen molar-refractivity contribution in [2.75, 3.05) is 19.8 Å². The van der Waals surface area contributed by atoms with Gasteiger partial charge in [-0.25, -0.2) is 0 Å². The smallest absolute Gasteiger partial charge is 0.305 e. The van der Waals surface area contributed by atoms with Gasteiger partial charge in [0.05, 0.1) is 0 Å². The van der Waals surface area contributed by atoms with E-state index in [1.807, 2.05) is 0 Å². The second kappa shape index (κ2) is 40.0. The van der Waals surface area contributed by atoms with E-state index in [0.29, 0.717) is 19.3 Å². The highest BCUT2D eigenvalue weighted by Crippen LogP contribution is 2.16. The molecule has 0 aromatic rings. The van der Waals surface area contributed by atoms with Crippen molar-refractivity contribution in [1.82, 2.24) is 0 Å². The van der Waals surface area contributed by atoms with Crippen molar-refractivity contribution < 1.29 is 28.6 Å². The lowest BCUT2D eigenvalue weighted by atomic mass is 10.0. The van der Waals surface area contributed by atoms with Gasteiger partial charge in [-0.1, -0.05) is 213 Å². The molecule has 0 aliphatic carbocycles. The summed E-state index contributed by atoms with van der Waals surface area (Å²) in [6.45, 7) is 6.29. The lowest BCUT2D eigenvalue weighted by Crippen LogP contribution is -2.54. The van der Waals surface area contributed by atoms with Crippen molar-refractivity contribution in [3.05, 3.63) is 0 Å². The molecule has 53 heavy (non-hydrogen) atoms. The highest BCUT2D eigenvalue weighted by Gasteiger charge is 2.31. The van der Waals surface area contributed by atoms with Crippen LogP contribution in [0.1, 0.15) is 252 Å². The van der Waals surface area contributed by atoms with Crippen molar-refractivity contribution in [3.63, 3.8) is 0 Å². The van der Waals surface area contributed by atoms with Gasteiger partial charge in [0.1, 0.15) is 25.4 Å². The van der Waals surface area contributed by atoms with E-state index in [9.17, 15) is 14.4 Å². The number of carbonyl (C=O) groups is 3. The summed E-state index contributed by atoms with van der Waals surface area (Å²) in [4.78, 5) is 37.8. The topological polar surface area (TPSA) is 105 Å².